The molecule has 3 rings (SSSR count). The van der Waals surface area contributed by atoms with Crippen LogP contribution >= 0.6 is 22.9 Å². The van der Waals surface area contributed by atoms with Crippen LogP contribution in [-0.4, -0.2) is 25.9 Å². The quantitative estimate of drug-likeness (QED) is 0.614. The topological polar surface area (TPSA) is 99.5 Å². The number of anilines is 1. The molecule has 1 amide bonds. The highest BCUT2D eigenvalue weighted by Gasteiger charge is 2.11. The monoisotopic (exact) mass is 422 g/mol. The SMILES string of the molecule is O=C(COc1ccccc1Cl)Nc1ccc(S(=O)(=O)[N-]c2nccs2)cc1. The molecule has 7 nitrogen and oxygen atoms in total. The zero-order chi connectivity index (χ0) is 19.3. The van der Waals surface area contributed by atoms with Gasteiger partial charge in [-0.05, 0) is 41.8 Å². The standard InChI is InChI=1S/C17H14ClN3O4S2/c18-14-3-1-2-4-15(14)25-11-16(22)20-12-5-7-13(8-6-12)27(23,24)21-17-19-9-10-26-17/h1-10H,11H2,(H2,19,20,21,22)/p-1. The Labute approximate surface area is 165 Å². The fourth-order valence-electron chi connectivity index (χ4n) is 2.03. The second-order valence-corrected chi connectivity index (χ2v) is 8.06. The van der Waals surface area contributed by atoms with Gasteiger partial charge in [-0.3, -0.25) is 4.79 Å². The van der Waals surface area contributed by atoms with Crippen LogP contribution in [0.5, 0.6) is 5.75 Å². The number of carbonyl (C=O) groups is 1. The van der Waals surface area contributed by atoms with Gasteiger partial charge in [-0.15, -0.1) is 0 Å². The van der Waals surface area contributed by atoms with Gasteiger partial charge in [-0.25, -0.2) is 8.42 Å². The Hall–Kier alpha value is -2.62. The summed E-state index contributed by atoms with van der Waals surface area (Å²) in [5.74, 6) is -0.00226. The number of amides is 1. The lowest BCUT2D eigenvalue weighted by atomic mass is 10.3. The van der Waals surface area contributed by atoms with Crippen molar-refractivity contribution < 1.29 is 17.9 Å². The van der Waals surface area contributed by atoms with Crippen LogP contribution in [0.4, 0.5) is 10.8 Å². The van der Waals surface area contributed by atoms with Gasteiger partial charge in [0.25, 0.3) is 5.91 Å². The van der Waals surface area contributed by atoms with Crippen LogP contribution in [0.25, 0.3) is 4.72 Å². The first-order valence-corrected chi connectivity index (χ1v) is 10.3. The van der Waals surface area contributed by atoms with Gasteiger partial charge < -0.3 is 19.8 Å². The van der Waals surface area contributed by atoms with Gasteiger partial charge in [-0.1, -0.05) is 29.9 Å². The number of benzene rings is 2. The molecule has 3 aromatic rings. The maximum atomic E-state index is 12.2. The summed E-state index contributed by atoms with van der Waals surface area (Å²) in [5.41, 5.74) is 0.427. The summed E-state index contributed by atoms with van der Waals surface area (Å²) in [7, 11) is -3.86. The van der Waals surface area contributed by atoms with E-state index in [0.29, 0.717) is 16.5 Å². The molecular weight excluding hydrogens is 410 g/mol. The summed E-state index contributed by atoms with van der Waals surface area (Å²) >= 11 is 7.08. The molecule has 0 bridgehead atoms. The zero-order valence-corrected chi connectivity index (χ0v) is 16.1. The minimum Gasteiger partial charge on any atom is -0.482 e. The van der Waals surface area contributed by atoms with Gasteiger partial charge in [0.15, 0.2) is 6.61 Å². The zero-order valence-electron chi connectivity index (χ0n) is 13.7. The Morgan fingerprint density at radius 1 is 1.19 bits per heavy atom. The van der Waals surface area contributed by atoms with E-state index in [0.717, 1.165) is 11.3 Å². The summed E-state index contributed by atoms with van der Waals surface area (Å²) < 4.78 is 33.4. The van der Waals surface area contributed by atoms with E-state index in [1.54, 1.807) is 29.6 Å². The Balaban J connectivity index is 1.58. The molecule has 0 aliphatic carbocycles. The first-order chi connectivity index (χ1) is 12.9. The number of rotatable bonds is 7. The second kappa shape index (κ2) is 8.38. The lowest BCUT2D eigenvalue weighted by Gasteiger charge is -2.12. The molecule has 1 aromatic heterocycles. The number of nitrogens with zero attached hydrogens (tertiary/aromatic N) is 2. The molecule has 0 unspecified atom stereocenters. The molecule has 0 saturated carbocycles. The molecular formula is C17H13ClN3O4S2-. The second-order valence-electron chi connectivity index (χ2n) is 5.17. The van der Waals surface area contributed by atoms with E-state index < -0.39 is 15.9 Å². The molecule has 27 heavy (non-hydrogen) atoms. The maximum absolute atomic E-state index is 12.2. The first-order valence-electron chi connectivity index (χ1n) is 7.59. The summed E-state index contributed by atoms with van der Waals surface area (Å²) in [4.78, 5) is 15.8. The minimum absolute atomic E-state index is 0.00279. The van der Waals surface area contributed by atoms with E-state index in [2.05, 4.69) is 15.0 Å². The average molecular weight is 423 g/mol. The summed E-state index contributed by atoms with van der Waals surface area (Å²) in [5, 5.41) is 4.81. The molecule has 1 N–H and O–H groups in total. The van der Waals surface area contributed by atoms with Crippen LogP contribution in [0.15, 0.2) is 65.0 Å². The maximum Gasteiger partial charge on any atom is 0.262 e. The summed E-state index contributed by atoms with van der Waals surface area (Å²) in [6, 6.07) is 12.5. The molecule has 1 heterocycles. The first kappa shape index (κ1) is 19.2. The number of halogens is 1. The Morgan fingerprint density at radius 3 is 2.59 bits per heavy atom. The van der Waals surface area contributed by atoms with Crippen LogP contribution in [0, 0.1) is 0 Å². The number of ether oxygens (including phenoxy) is 1. The highest BCUT2D eigenvalue weighted by Crippen LogP contribution is 2.29. The molecule has 0 aliphatic heterocycles. The molecule has 0 fully saturated rings. The molecule has 0 spiro atoms. The van der Waals surface area contributed by atoms with Crippen molar-refractivity contribution in [2.75, 3.05) is 11.9 Å². The van der Waals surface area contributed by atoms with E-state index in [1.807, 2.05) is 0 Å². The Kier molecular flexibility index (Phi) is 5.94. The highest BCUT2D eigenvalue weighted by atomic mass is 35.5. The Bertz CT molecular complexity index is 1020. The smallest absolute Gasteiger partial charge is 0.262 e. The van der Waals surface area contributed by atoms with Gasteiger partial charge in [0.1, 0.15) is 5.75 Å². The van der Waals surface area contributed by atoms with E-state index in [1.165, 1.54) is 30.5 Å². The third-order valence-electron chi connectivity index (χ3n) is 3.25. The molecule has 140 valence electrons. The summed E-state index contributed by atoms with van der Waals surface area (Å²) in [6.45, 7) is -0.233. The Morgan fingerprint density at radius 2 is 1.93 bits per heavy atom. The van der Waals surface area contributed by atoms with Crippen molar-refractivity contribution in [2.24, 2.45) is 0 Å². The number of nitrogens with one attached hydrogen (secondary N) is 1. The van der Waals surface area contributed by atoms with Gasteiger partial charge >= 0.3 is 0 Å². The number of hydrogen-bond donors (Lipinski definition) is 1. The van der Waals surface area contributed by atoms with Gasteiger partial charge in [0, 0.05) is 10.8 Å². The van der Waals surface area contributed by atoms with Crippen molar-refractivity contribution in [3.63, 3.8) is 0 Å². The van der Waals surface area contributed by atoms with Gasteiger partial charge in [0.05, 0.1) is 9.92 Å². The van der Waals surface area contributed by atoms with Crippen molar-refractivity contribution in [1.29, 1.82) is 0 Å². The fraction of sp³-hybridized carbons (Fsp3) is 0.0588. The summed E-state index contributed by atoms with van der Waals surface area (Å²) in [6.07, 6.45) is 1.47. The lowest BCUT2D eigenvalue weighted by Crippen LogP contribution is -2.20. The molecule has 0 aliphatic rings. The molecule has 2 aromatic carbocycles. The number of hydrogen-bond acceptors (Lipinski definition) is 6. The highest BCUT2D eigenvalue weighted by molar-refractivity contribution is 7.94. The molecule has 0 saturated heterocycles. The number of para-hydroxylation sites is 1. The number of thiazole rings is 1. The number of carbonyl (C=O) groups excluding carboxylic acids is 1. The van der Waals surface area contributed by atoms with E-state index >= 15 is 0 Å². The van der Waals surface area contributed by atoms with Crippen LogP contribution in [0.1, 0.15) is 0 Å². The van der Waals surface area contributed by atoms with Crippen molar-refractivity contribution >= 4 is 49.7 Å². The van der Waals surface area contributed by atoms with Crippen LogP contribution in [0.2, 0.25) is 5.02 Å². The normalized spacial score (nSPS) is 11.0. The van der Waals surface area contributed by atoms with E-state index in [9.17, 15) is 13.2 Å². The van der Waals surface area contributed by atoms with Crippen LogP contribution in [0.3, 0.4) is 0 Å². The largest absolute Gasteiger partial charge is 0.482 e. The third kappa shape index (κ3) is 5.19. The van der Waals surface area contributed by atoms with Gasteiger partial charge in [-0.2, -0.15) is 11.3 Å². The van der Waals surface area contributed by atoms with E-state index in [4.69, 9.17) is 16.3 Å². The van der Waals surface area contributed by atoms with Crippen molar-refractivity contribution in [3.8, 4) is 5.75 Å². The number of sulfonamides is 1. The van der Waals surface area contributed by atoms with Crippen molar-refractivity contribution in [2.45, 2.75) is 4.90 Å². The lowest BCUT2D eigenvalue weighted by molar-refractivity contribution is -0.118. The minimum atomic E-state index is -3.86. The van der Waals surface area contributed by atoms with Crippen molar-refractivity contribution in [3.05, 3.63) is 69.9 Å². The van der Waals surface area contributed by atoms with E-state index in [-0.39, 0.29) is 16.6 Å². The third-order valence-corrected chi connectivity index (χ3v) is 5.62. The van der Waals surface area contributed by atoms with Crippen LogP contribution < -0.4 is 10.1 Å². The average Bonchev–Trinajstić information content (AvgIpc) is 3.14. The predicted molar refractivity (Wildman–Crippen MR) is 104 cm³/mol. The predicted octanol–water partition coefficient (Wildman–Crippen LogP) is 4.21. The van der Waals surface area contributed by atoms with Crippen molar-refractivity contribution in [1.82, 2.24) is 4.98 Å². The van der Waals surface area contributed by atoms with Gasteiger partial charge in [0.2, 0.25) is 10.0 Å². The fourth-order valence-corrected chi connectivity index (χ4v) is 3.89. The molecule has 0 radical (unpaired) electrons. The van der Waals surface area contributed by atoms with Crippen LogP contribution in [-0.2, 0) is 14.8 Å². The number of aromatic nitrogens is 1. The molecule has 0 atom stereocenters. The molecule has 10 heteroatoms.